The molecule has 1 N–H and O–H groups in total. The second kappa shape index (κ2) is 6.38. The molecular formula is C14H17NO5S. The van der Waals surface area contributed by atoms with E-state index in [0.29, 0.717) is 26.1 Å². The van der Waals surface area contributed by atoms with Crippen molar-refractivity contribution in [1.29, 1.82) is 0 Å². The Kier molecular flexibility index (Phi) is 4.76. The molecule has 1 aliphatic heterocycles. The van der Waals surface area contributed by atoms with Crippen molar-refractivity contribution >= 4 is 16.0 Å². The van der Waals surface area contributed by atoms with E-state index in [1.165, 1.54) is 28.6 Å². The van der Waals surface area contributed by atoms with Crippen LogP contribution in [0.2, 0.25) is 0 Å². The maximum absolute atomic E-state index is 12.5. The molecular weight excluding hydrogens is 294 g/mol. The number of hydrogen-bond acceptors (Lipinski definition) is 4. The van der Waals surface area contributed by atoms with Crippen LogP contribution < -0.4 is 0 Å². The van der Waals surface area contributed by atoms with E-state index in [4.69, 9.17) is 9.84 Å². The molecule has 0 aliphatic carbocycles. The highest BCUT2D eigenvalue weighted by Crippen LogP contribution is 2.21. The van der Waals surface area contributed by atoms with Crippen molar-refractivity contribution in [2.45, 2.75) is 11.3 Å². The summed E-state index contributed by atoms with van der Waals surface area (Å²) in [6.07, 6.45) is 2.50. The average molecular weight is 311 g/mol. The molecule has 0 radical (unpaired) electrons. The Hall–Kier alpha value is -1.70. The van der Waals surface area contributed by atoms with Gasteiger partial charge >= 0.3 is 5.97 Å². The number of rotatable bonds is 5. The maximum Gasteiger partial charge on any atom is 0.335 e. The van der Waals surface area contributed by atoms with Gasteiger partial charge in [-0.3, -0.25) is 0 Å². The van der Waals surface area contributed by atoms with Crippen molar-refractivity contribution in [2.75, 3.05) is 26.8 Å². The predicted molar refractivity (Wildman–Crippen MR) is 76.7 cm³/mol. The number of sulfonamides is 1. The number of benzene rings is 1. The Bertz CT molecular complexity index is 648. The van der Waals surface area contributed by atoms with Gasteiger partial charge in [-0.2, -0.15) is 4.31 Å². The minimum atomic E-state index is -3.59. The molecule has 0 saturated carbocycles. The van der Waals surface area contributed by atoms with E-state index in [0.717, 1.165) is 5.57 Å². The van der Waals surface area contributed by atoms with E-state index in [1.807, 2.05) is 6.08 Å². The molecule has 7 heteroatoms. The molecule has 21 heavy (non-hydrogen) atoms. The summed E-state index contributed by atoms with van der Waals surface area (Å²) in [5.74, 6) is -1.08. The van der Waals surface area contributed by atoms with Crippen LogP contribution >= 0.6 is 0 Å². The van der Waals surface area contributed by atoms with Crippen molar-refractivity contribution < 1.29 is 23.1 Å². The first-order chi connectivity index (χ1) is 9.95. The van der Waals surface area contributed by atoms with Crippen LogP contribution in [0, 0.1) is 0 Å². The van der Waals surface area contributed by atoms with Crippen LogP contribution in [0.1, 0.15) is 16.8 Å². The van der Waals surface area contributed by atoms with Gasteiger partial charge in [0, 0.05) is 20.2 Å². The fraction of sp³-hybridized carbons (Fsp3) is 0.357. The van der Waals surface area contributed by atoms with Gasteiger partial charge in [0.2, 0.25) is 10.0 Å². The topological polar surface area (TPSA) is 83.9 Å². The number of carboxylic acids is 1. The first kappa shape index (κ1) is 15.7. The van der Waals surface area contributed by atoms with E-state index >= 15 is 0 Å². The standard InChI is InChI=1S/C14H17NO5S/c1-20-10-11-6-8-15(9-7-11)21(18,19)13-4-2-12(3-5-13)14(16)17/h2-6H,7-10H2,1H3,(H,16,17). The second-order valence-corrected chi connectivity index (χ2v) is 6.68. The number of ether oxygens (including phenoxy) is 1. The van der Waals surface area contributed by atoms with Crippen molar-refractivity contribution in [3.8, 4) is 0 Å². The van der Waals surface area contributed by atoms with Gasteiger partial charge in [0.05, 0.1) is 17.1 Å². The highest BCUT2D eigenvalue weighted by Gasteiger charge is 2.26. The molecule has 1 heterocycles. The molecule has 114 valence electrons. The van der Waals surface area contributed by atoms with Crippen molar-refractivity contribution in [1.82, 2.24) is 4.31 Å². The number of aromatic carboxylic acids is 1. The van der Waals surface area contributed by atoms with Gasteiger partial charge in [-0.25, -0.2) is 13.2 Å². The molecule has 2 rings (SSSR count). The minimum absolute atomic E-state index is 0.0647. The first-order valence-electron chi connectivity index (χ1n) is 6.45. The molecule has 1 aromatic carbocycles. The minimum Gasteiger partial charge on any atom is -0.478 e. The number of methoxy groups -OCH3 is 1. The maximum atomic E-state index is 12.5. The zero-order chi connectivity index (χ0) is 15.5. The highest BCUT2D eigenvalue weighted by atomic mass is 32.2. The van der Waals surface area contributed by atoms with E-state index in [-0.39, 0.29) is 10.5 Å². The molecule has 1 aromatic rings. The summed E-state index contributed by atoms with van der Waals surface area (Å²) in [5, 5.41) is 8.83. The Morgan fingerprint density at radius 3 is 2.48 bits per heavy atom. The summed E-state index contributed by atoms with van der Waals surface area (Å²) in [5.41, 5.74) is 1.15. The van der Waals surface area contributed by atoms with E-state index in [9.17, 15) is 13.2 Å². The zero-order valence-corrected chi connectivity index (χ0v) is 12.5. The molecule has 0 fully saturated rings. The first-order valence-corrected chi connectivity index (χ1v) is 7.89. The molecule has 1 aliphatic rings. The molecule has 0 amide bonds. The van der Waals surface area contributed by atoms with Gasteiger partial charge in [0.1, 0.15) is 0 Å². The largest absolute Gasteiger partial charge is 0.478 e. The monoisotopic (exact) mass is 311 g/mol. The van der Waals surface area contributed by atoms with Crippen LogP contribution in [0.4, 0.5) is 0 Å². The number of nitrogens with zero attached hydrogens (tertiary/aromatic N) is 1. The van der Waals surface area contributed by atoms with Gasteiger partial charge in [0.25, 0.3) is 0 Å². The third-order valence-corrected chi connectivity index (χ3v) is 5.21. The second-order valence-electron chi connectivity index (χ2n) is 4.74. The van der Waals surface area contributed by atoms with Crippen molar-refractivity contribution in [2.24, 2.45) is 0 Å². The average Bonchev–Trinajstić information content (AvgIpc) is 2.48. The van der Waals surface area contributed by atoms with Gasteiger partial charge in [0.15, 0.2) is 0 Å². The SMILES string of the molecule is COCC1=CCN(S(=O)(=O)c2ccc(C(=O)O)cc2)CC1. The lowest BCUT2D eigenvalue weighted by Gasteiger charge is -2.25. The Morgan fingerprint density at radius 1 is 1.33 bits per heavy atom. The molecule has 0 bridgehead atoms. The summed E-state index contributed by atoms with van der Waals surface area (Å²) in [6, 6.07) is 5.25. The lowest BCUT2D eigenvalue weighted by Crippen LogP contribution is -2.35. The number of carboxylic acid groups (broad SMARTS) is 1. The summed E-state index contributed by atoms with van der Waals surface area (Å²) >= 11 is 0. The van der Waals surface area contributed by atoms with Crippen LogP contribution in [-0.4, -0.2) is 50.6 Å². The third kappa shape index (κ3) is 3.49. The van der Waals surface area contributed by atoms with Crippen molar-refractivity contribution in [3.05, 3.63) is 41.5 Å². The Morgan fingerprint density at radius 2 is 2.00 bits per heavy atom. The molecule has 0 spiro atoms. The smallest absolute Gasteiger partial charge is 0.335 e. The molecule has 0 aromatic heterocycles. The van der Waals surface area contributed by atoms with Crippen LogP contribution in [0.3, 0.4) is 0 Å². The van der Waals surface area contributed by atoms with Crippen LogP contribution in [0.5, 0.6) is 0 Å². The predicted octanol–water partition coefficient (Wildman–Crippen LogP) is 1.35. The molecule has 0 atom stereocenters. The van der Waals surface area contributed by atoms with E-state index in [1.54, 1.807) is 7.11 Å². The van der Waals surface area contributed by atoms with E-state index < -0.39 is 16.0 Å². The van der Waals surface area contributed by atoms with Crippen LogP contribution in [0.15, 0.2) is 40.8 Å². The molecule has 0 unspecified atom stereocenters. The normalized spacial score (nSPS) is 16.5. The van der Waals surface area contributed by atoms with Gasteiger partial charge < -0.3 is 9.84 Å². The van der Waals surface area contributed by atoms with Gasteiger partial charge in [-0.1, -0.05) is 6.08 Å². The van der Waals surface area contributed by atoms with Crippen LogP contribution in [-0.2, 0) is 14.8 Å². The number of carbonyl (C=O) groups is 1. The molecule has 0 saturated heterocycles. The highest BCUT2D eigenvalue weighted by molar-refractivity contribution is 7.89. The lowest BCUT2D eigenvalue weighted by molar-refractivity contribution is 0.0696. The summed E-state index contributed by atoms with van der Waals surface area (Å²) in [7, 11) is -1.98. The summed E-state index contributed by atoms with van der Waals surface area (Å²) < 4.78 is 31.3. The fourth-order valence-corrected chi connectivity index (χ4v) is 3.53. The van der Waals surface area contributed by atoms with Crippen LogP contribution in [0.25, 0.3) is 0 Å². The van der Waals surface area contributed by atoms with E-state index in [2.05, 4.69) is 0 Å². The van der Waals surface area contributed by atoms with Gasteiger partial charge in [-0.05, 0) is 36.3 Å². The number of hydrogen-bond donors (Lipinski definition) is 1. The summed E-state index contributed by atoms with van der Waals surface area (Å²) in [6.45, 7) is 1.22. The molecule has 6 nitrogen and oxygen atoms in total. The lowest BCUT2D eigenvalue weighted by atomic mass is 10.1. The Labute approximate surface area is 123 Å². The fourth-order valence-electron chi connectivity index (χ4n) is 2.15. The quantitative estimate of drug-likeness (QED) is 0.830. The zero-order valence-electron chi connectivity index (χ0n) is 11.7. The third-order valence-electron chi connectivity index (χ3n) is 3.33. The Balaban J connectivity index is 2.17. The van der Waals surface area contributed by atoms with Gasteiger partial charge in [-0.15, -0.1) is 0 Å². The van der Waals surface area contributed by atoms with Crippen molar-refractivity contribution in [3.63, 3.8) is 0 Å². The summed E-state index contributed by atoms with van der Waals surface area (Å²) in [4.78, 5) is 10.9.